The smallest absolute Gasteiger partial charge is 0.0169 e. The molecule has 0 aromatic heterocycles. The summed E-state index contributed by atoms with van der Waals surface area (Å²) in [4.78, 5) is 0. The van der Waals surface area contributed by atoms with Crippen molar-refractivity contribution in [1.29, 1.82) is 0 Å². The van der Waals surface area contributed by atoms with E-state index in [4.69, 9.17) is 0 Å². The van der Waals surface area contributed by atoms with E-state index in [9.17, 15) is 0 Å². The summed E-state index contributed by atoms with van der Waals surface area (Å²) in [6.45, 7) is 4.45. The highest BCUT2D eigenvalue weighted by molar-refractivity contribution is 5.19. The summed E-state index contributed by atoms with van der Waals surface area (Å²) in [5, 5.41) is 0. The van der Waals surface area contributed by atoms with Crippen LogP contribution in [0.4, 0.5) is 0 Å². The van der Waals surface area contributed by atoms with Crippen molar-refractivity contribution in [2.45, 2.75) is 33.1 Å². The van der Waals surface area contributed by atoms with E-state index >= 15 is 0 Å². The van der Waals surface area contributed by atoms with Crippen molar-refractivity contribution in [1.82, 2.24) is 0 Å². The molecule has 0 aromatic carbocycles. The third-order valence-electron chi connectivity index (χ3n) is 1.82. The van der Waals surface area contributed by atoms with E-state index in [0.717, 1.165) is 5.92 Å². The predicted octanol–water partition coefficient (Wildman–Crippen LogP) is 2.96. The molecular formula is C9H15. The Morgan fingerprint density at radius 1 is 1.67 bits per heavy atom. The number of hydrogen-bond donors (Lipinski definition) is 0. The van der Waals surface area contributed by atoms with Crippen LogP contribution in [0, 0.1) is 12.3 Å². The summed E-state index contributed by atoms with van der Waals surface area (Å²) in [5.74, 6) is 0.870. The largest absolute Gasteiger partial charge is 0.0853 e. The summed E-state index contributed by atoms with van der Waals surface area (Å²) in [6, 6.07) is 0. The van der Waals surface area contributed by atoms with Crippen LogP contribution >= 0.6 is 0 Å². The summed E-state index contributed by atoms with van der Waals surface area (Å²) >= 11 is 0. The zero-order valence-corrected chi connectivity index (χ0v) is 6.35. The zero-order chi connectivity index (χ0) is 6.69. The van der Waals surface area contributed by atoms with Crippen LogP contribution in [-0.4, -0.2) is 0 Å². The van der Waals surface area contributed by atoms with Gasteiger partial charge in [-0.25, -0.2) is 0 Å². The summed E-state index contributed by atoms with van der Waals surface area (Å²) < 4.78 is 0. The summed E-state index contributed by atoms with van der Waals surface area (Å²) in [6.07, 6.45) is 8.53. The van der Waals surface area contributed by atoms with Crippen LogP contribution in [0.15, 0.2) is 11.6 Å². The molecule has 0 aromatic rings. The second-order valence-corrected chi connectivity index (χ2v) is 2.62. The van der Waals surface area contributed by atoms with Gasteiger partial charge in [0.05, 0.1) is 0 Å². The lowest BCUT2D eigenvalue weighted by atomic mass is 10.1. The van der Waals surface area contributed by atoms with E-state index in [-0.39, 0.29) is 0 Å². The van der Waals surface area contributed by atoms with E-state index in [1.807, 2.05) is 0 Å². The fourth-order valence-corrected chi connectivity index (χ4v) is 1.19. The highest BCUT2D eigenvalue weighted by Gasteiger charge is 2.24. The molecule has 9 heavy (non-hydrogen) atoms. The first kappa shape index (κ1) is 6.85. The Kier molecular flexibility index (Phi) is 2.32. The van der Waals surface area contributed by atoms with Gasteiger partial charge in [0, 0.05) is 0 Å². The molecule has 1 aliphatic rings. The topological polar surface area (TPSA) is 0 Å². The Bertz CT molecular complexity index is 107. The third kappa shape index (κ3) is 1.85. The van der Waals surface area contributed by atoms with Gasteiger partial charge in [-0.1, -0.05) is 25.5 Å². The van der Waals surface area contributed by atoms with Crippen LogP contribution in [0.5, 0.6) is 0 Å². The Labute approximate surface area is 58.0 Å². The lowest BCUT2D eigenvalue weighted by Crippen LogP contribution is -1.81. The van der Waals surface area contributed by atoms with Crippen LogP contribution < -0.4 is 0 Å². The van der Waals surface area contributed by atoms with Crippen molar-refractivity contribution in [3.05, 3.63) is 18.1 Å². The Morgan fingerprint density at radius 2 is 2.33 bits per heavy atom. The second-order valence-electron chi connectivity index (χ2n) is 2.62. The molecular weight excluding hydrogens is 108 g/mol. The fourth-order valence-electron chi connectivity index (χ4n) is 1.19. The lowest BCUT2D eigenvalue weighted by Gasteiger charge is -1.98. The van der Waals surface area contributed by atoms with Gasteiger partial charge in [0.2, 0.25) is 0 Å². The quantitative estimate of drug-likeness (QED) is 0.506. The van der Waals surface area contributed by atoms with E-state index in [2.05, 4.69) is 26.3 Å². The van der Waals surface area contributed by atoms with Gasteiger partial charge in [-0.3, -0.25) is 0 Å². The molecule has 1 saturated carbocycles. The maximum atomic E-state index is 2.38. The molecule has 0 nitrogen and oxygen atoms in total. The van der Waals surface area contributed by atoms with Crippen molar-refractivity contribution in [2.75, 3.05) is 0 Å². The van der Waals surface area contributed by atoms with E-state index < -0.39 is 0 Å². The molecule has 0 heteroatoms. The van der Waals surface area contributed by atoms with Crippen molar-refractivity contribution < 1.29 is 0 Å². The zero-order valence-electron chi connectivity index (χ0n) is 6.35. The van der Waals surface area contributed by atoms with E-state index in [1.165, 1.54) is 19.3 Å². The number of hydrogen-bond acceptors (Lipinski definition) is 0. The van der Waals surface area contributed by atoms with Crippen LogP contribution in [-0.2, 0) is 0 Å². The van der Waals surface area contributed by atoms with Crippen molar-refractivity contribution in [2.24, 2.45) is 5.92 Å². The van der Waals surface area contributed by atoms with E-state index in [1.54, 1.807) is 5.57 Å². The molecule has 0 amide bonds. The molecule has 1 rings (SSSR count). The highest BCUT2D eigenvalue weighted by Crippen LogP contribution is 2.36. The molecule has 1 atom stereocenters. The molecule has 1 unspecified atom stereocenters. The minimum absolute atomic E-state index is 0.870. The Morgan fingerprint density at radius 3 is 2.67 bits per heavy atom. The van der Waals surface area contributed by atoms with Gasteiger partial charge in [0.25, 0.3) is 0 Å². The first-order valence-electron chi connectivity index (χ1n) is 3.90. The van der Waals surface area contributed by atoms with Gasteiger partial charge in [0.1, 0.15) is 0 Å². The average Bonchev–Trinajstić information content (AvgIpc) is 2.64. The molecule has 0 aliphatic heterocycles. The number of rotatable bonds is 3. The first-order chi connectivity index (χ1) is 4.38. The van der Waals surface area contributed by atoms with Gasteiger partial charge < -0.3 is 0 Å². The van der Waals surface area contributed by atoms with Crippen LogP contribution in [0.3, 0.4) is 0 Å². The van der Waals surface area contributed by atoms with Gasteiger partial charge in [-0.05, 0) is 31.6 Å². The molecule has 0 saturated heterocycles. The fraction of sp³-hybridized carbons (Fsp3) is 0.667. The Hall–Kier alpha value is -0.260. The van der Waals surface area contributed by atoms with Crippen LogP contribution in [0.1, 0.15) is 33.1 Å². The van der Waals surface area contributed by atoms with Gasteiger partial charge >= 0.3 is 0 Å². The SMILES string of the molecule is CCC=C(CC)C1[CH]C1. The predicted molar refractivity (Wildman–Crippen MR) is 41.1 cm³/mol. The van der Waals surface area contributed by atoms with Gasteiger partial charge in [-0.2, -0.15) is 0 Å². The number of allylic oxidation sites excluding steroid dienone is 2. The second kappa shape index (κ2) is 3.05. The van der Waals surface area contributed by atoms with Gasteiger partial charge in [-0.15, -0.1) is 0 Å². The monoisotopic (exact) mass is 123 g/mol. The van der Waals surface area contributed by atoms with E-state index in [0.29, 0.717) is 0 Å². The lowest BCUT2D eigenvalue weighted by molar-refractivity contribution is 0.915. The van der Waals surface area contributed by atoms with Gasteiger partial charge in [0.15, 0.2) is 0 Å². The van der Waals surface area contributed by atoms with Crippen LogP contribution in [0.25, 0.3) is 0 Å². The molecule has 1 radical (unpaired) electrons. The summed E-state index contributed by atoms with van der Waals surface area (Å²) in [7, 11) is 0. The third-order valence-corrected chi connectivity index (χ3v) is 1.82. The van der Waals surface area contributed by atoms with Crippen molar-refractivity contribution in [3.63, 3.8) is 0 Å². The van der Waals surface area contributed by atoms with Crippen molar-refractivity contribution >= 4 is 0 Å². The minimum atomic E-state index is 0.870. The molecule has 1 fully saturated rings. The Balaban J connectivity index is 2.37. The molecule has 0 heterocycles. The molecule has 0 bridgehead atoms. The molecule has 0 spiro atoms. The molecule has 0 N–H and O–H groups in total. The van der Waals surface area contributed by atoms with Crippen LogP contribution in [0.2, 0.25) is 0 Å². The maximum Gasteiger partial charge on any atom is -0.0169 e. The molecule has 51 valence electrons. The minimum Gasteiger partial charge on any atom is -0.0853 e. The normalized spacial score (nSPS) is 20.4. The standard InChI is InChI=1S/C9H15/c1-3-5-8(4-2)9-6-7-9/h5-6,9H,3-4,7H2,1-2H3. The van der Waals surface area contributed by atoms with Crippen molar-refractivity contribution in [3.8, 4) is 0 Å². The first-order valence-corrected chi connectivity index (χ1v) is 3.90. The highest BCUT2D eigenvalue weighted by atomic mass is 14.3. The maximum absolute atomic E-state index is 2.38. The molecule has 1 aliphatic carbocycles. The average molecular weight is 123 g/mol. The summed E-state index contributed by atoms with van der Waals surface area (Å²) in [5.41, 5.74) is 1.65.